The van der Waals surface area contributed by atoms with E-state index in [1.165, 1.54) is 32.1 Å². The molecule has 0 aromatic rings. The second kappa shape index (κ2) is 17.2. The van der Waals surface area contributed by atoms with Crippen LogP contribution in [0.3, 0.4) is 0 Å². The van der Waals surface area contributed by atoms with Crippen molar-refractivity contribution >= 4 is 14.6 Å². The molecule has 0 aromatic heterocycles. The molecule has 0 amide bonds. The highest BCUT2D eigenvalue weighted by molar-refractivity contribution is 7.40. The van der Waals surface area contributed by atoms with E-state index in [1.807, 2.05) is 0 Å². The molecule has 0 aromatic carbocycles. The van der Waals surface area contributed by atoms with Gasteiger partial charge in [-0.2, -0.15) is 0 Å². The highest BCUT2D eigenvalue weighted by atomic mass is 31.2. The van der Waals surface area contributed by atoms with Gasteiger partial charge in [0.05, 0.1) is 40.3 Å². The Hall–Kier alpha value is -0.340. The van der Waals surface area contributed by atoms with Gasteiger partial charge in [0.2, 0.25) is 0 Å². The van der Waals surface area contributed by atoms with Crippen molar-refractivity contribution in [1.82, 2.24) is 0 Å². The number of hydrogen-bond acceptors (Lipinski definition) is 6. The number of rotatable bonds is 20. The first-order valence-electron chi connectivity index (χ1n) is 11.2. The Morgan fingerprint density at radius 2 is 1.63 bits per heavy atom. The monoisotopic (exact) mass is 453 g/mol. The first-order valence-corrected chi connectivity index (χ1v) is 12.3. The number of carboxylic acids is 1. The lowest BCUT2D eigenvalue weighted by molar-refractivity contribution is -0.973. The van der Waals surface area contributed by atoms with Crippen molar-refractivity contribution in [3.63, 3.8) is 0 Å². The molecule has 2 N–H and O–H groups in total. The minimum Gasteiger partial charge on any atom is -0.804 e. The Kier molecular flexibility index (Phi) is 17.0. The molecule has 4 unspecified atom stereocenters. The Morgan fingerprint density at radius 1 is 1.03 bits per heavy atom. The van der Waals surface area contributed by atoms with Gasteiger partial charge in [-0.05, 0) is 32.6 Å². The molecule has 0 heterocycles. The summed E-state index contributed by atoms with van der Waals surface area (Å²) < 4.78 is 16.3. The van der Waals surface area contributed by atoms with Crippen LogP contribution in [0, 0.1) is 0 Å². The van der Waals surface area contributed by atoms with Gasteiger partial charge in [-0.15, -0.1) is 0 Å². The van der Waals surface area contributed by atoms with Gasteiger partial charge < -0.3 is 33.4 Å². The summed E-state index contributed by atoms with van der Waals surface area (Å²) in [6.07, 6.45) is 7.34. The second-order valence-electron chi connectivity index (χ2n) is 8.76. The molecule has 0 spiro atoms. The van der Waals surface area contributed by atoms with Gasteiger partial charge in [0, 0.05) is 12.8 Å². The number of carbonyl (C=O) groups is 1. The summed E-state index contributed by atoms with van der Waals surface area (Å²) in [5.41, 5.74) is 0. The third kappa shape index (κ3) is 16.4. The molecule has 0 bridgehead atoms. The van der Waals surface area contributed by atoms with Gasteiger partial charge in [-0.1, -0.05) is 39.0 Å². The van der Waals surface area contributed by atoms with Crippen molar-refractivity contribution in [1.29, 1.82) is 0 Å². The average molecular weight is 454 g/mol. The van der Waals surface area contributed by atoms with Crippen LogP contribution in [0.15, 0.2) is 0 Å². The number of unbranched alkanes of at least 4 members (excludes halogenated alkanes) is 6. The molecule has 0 aliphatic rings. The van der Waals surface area contributed by atoms with Crippen LogP contribution in [0.5, 0.6) is 0 Å². The van der Waals surface area contributed by atoms with E-state index in [4.69, 9.17) is 18.9 Å². The van der Waals surface area contributed by atoms with Gasteiger partial charge in [0.1, 0.15) is 6.10 Å². The Balaban J connectivity index is 3.87. The number of quaternary nitrogens is 1. The van der Waals surface area contributed by atoms with Crippen molar-refractivity contribution in [2.75, 3.05) is 34.4 Å². The van der Waals surface area contributed by atoms with Gasteiger partial charge in [0.25, 0.3) is 0 Å². The highest BCUT2D eigenvalue weighted by Crippen LogP contribution is 2.36. The third-order valence-corrected chi connectivity index (χ3v) is 5.64. The standard InChI is InChI=1S/C21H44NO7P/c1-6-7-8-9-11-14-18(2)27-15-12-10-13-16-28-30(26)29-19(17-20(23)24)21(25)22(3,4)5/h18-19,21,26H,6-17H2,1-5H3,(H,23,24). The number of ether oxygens (including phenoxy) is 1. The first-order chi connectivity index (χ1) is 14.1. The predicted molar refractivity (Wildman–Crippen MR) is 117 cm³/mol. The minimum absolute atomic E-state index is 0.0156. The van der Waals surface area contributed by atoms with Gasteiger partial charge in [0.15, 0.2) is 0 Å². The zero-order valence-corrected chi connectivity index (χ0v) is 20.4. The summed E-state index contributed by atoms with van der Waals surface area (Å²) in [7, 11) is 2.69. The Morgan fingerprint density at radius 3 is 2.23 bits per heavy atom. The fourth-order valence-corrected chi connectivity index (χ4v) is 3.69. The fraction of sp³-hybridized carbons (Fsp3) is 0.952. The fourth-order valence-electron chi connectivity index (χ4n) is 2.93. The normalized spacial score (nSPS) is 16.2. The van der Waals surface area contributed by atoms with Crippen molar-refractivity contribution < 1.29 is 38.2 Å². The van der Waals surface area contributed by atoms with E-state index < -0.39 is 33.3 Å². The molecule has 4 atom stereocenters. The number of hydrogen-bond donors (Lipinski definition) is 2. The summed E-state index contributed by atoms with van der Waals surface area (Å²) in [5, 5.41) is 21.3. The summed E-state index contributed by atoms with van der Waals surface area (Å²) >= 11 is 0. The topological polar surface area (TPSA) is 108 Å². The molecule has 0 radical (unpaired) electrons. The summed E-state index contributed by atoms with van der Waals surface area (Å²) in [6.45, 7) is 5.34. The predicted octanol–water partition coefficient (Wildman–Crippen LogP) is 3.41. The SMILES string of the molecule is CCCCCCCC(C)OCCCCCOP(O)OC(CC(=O)O)C([O-])[N+](C)(C)C. The van der Waals surface area contributed by atoms with Gasteiger partial charge in [-0.3, -0.25) is 4.79 Å². The van der Waals surface area contributed by atoms with Crippen LogP contribution in [0.25, 0.3) is 0 Å². The van der Waals surface area contributed by atoms with E-state index in [1.54, 1.807) is 21.1 Å². The van der Waals surface area contributed by atoms with Crippen LogP contribution in [-0.4, -0.2) is 73.2 Å². The van der Waals surface area contributed by atoms with E-state index in [2.05, 4.69) is 13.8 Å². The summed E-state index contributed by atoms with van der Waals surface area (Å²) in [5.74, 6) is -1.15. The van der Waals surface area contributed by atoms with Crippen LogP contribution < -0.4 is 5.11 Å². The summed E-state index contributed by atoms with van der Waals surface area (Å²) in [6, 6.07) is 0. The van der Waals surface area contributed by atoms with Crippen molar-refractivity contribution in [2.45, 2.75) is 96.5 Å². The third-order valence-electron chi connectivity index (χ3n) is 4.79. The molecule has 0 aliphatic carbocycles. The van der Waals surface area contributed by atoms with E-state index in [0.717, 1.165) is 25.7 Å². The maximum atomic E-state index is 12.3. The molecule has 0 rings (SSSR count). The zero-order valence-electron chi connectivity index (χ0n) is 19.5. The Labute approximate surface area is 184 Å². The molecule has 30 heavy (non-hydrogen) atoms. The largest absolute Gasteiger partial charge is 0.804 e. The number of carboxylic acid groups (broad SMARTS) is 1. The smallest absolute Gasteiger partial charge is 0.330 e. The van der Waals surface area contributed by atoms with E-state index in [-0.39, 0.29) is 10.6 Å². The Bertz CT molecular complexity index is 434. The van der Waals surface area contributed by atoms with Crippen LogP contribution in [-0.2, 0) is 18.6 Å². The van der Waals surface area contributed by atoms with Crippen LogP contribution in [0.2, 0.25) is 0 Å². The molecule has 0 fully saturated rings. The average Bonchev–Trinajstić information content (AvgIpc) is 2.64. The maximum Gasteiger partial charge on any atom is 0.330 e. The molecular formula is C21H44NO7P. The molecule has 8 nitrogen and oxygen atoms in total. The molecule has 0 saturated heterocycles. The van der Waals surface area contributed by atoms with Gasteiger partial charge in [-0.25, -0.2) is 0 Å². The van der Waals surface area contributed by atoms with Crippen LogP contribution in [0.1, 0.15) is 78.1 Å². The zero-order chi connectivity index (χ0) is 23.0. The van der Waals surface area contributed by atoms with E-state index in [0.29, 0.717) is 13.2 Å². The summed E-state index contributed by atoms with van der Waals surface area (Å²) in [4.78, 5) is 20.9. The van der Waals surface area contributed by atoms with Crippen LogP contribution in [0.4, 0.5) is 0 Å². The maximum absolute atomic E-state index is 12.3. The highest BCUT2D eigenvalue weighted by Gasteiger charge is 2.29. The number of nitrogens with zero attached hydrogens (tertiary/aromatic N) is 1. The lowest BCUT2D eigenvalue weighted by Gasteiger charge is -2.42. The van der Waals surface area contributed by atoms with E-state index >= 15 is 0 Å². The second-order valence-corrected chi connectivity index (χ2v) is 9.71. The van der Waals surface area contributed by atoms with E-state index in [9.17, 15) is 14.8 Å². The van der Waals surface area contributed by atoms with Crippen molar-refractivity contribution in [3.8, 4) is 0 Å². The van der Waals surface area contributed by atoms with Crippen molar-refractivity contribution in [2.24, 2.45) is 0 Å². The minimum atomic E-state index is -2.28. The first kappa shape index (κ1) is 29.7. The number of aliphatic carboxylic acids is 1. The molecule has 9 heteroatoms. The molecule has 0 aliphatic heterocycles. The van der Waals surface area contributed by atoms with Crippen LogP contribution >= 0.6 is 8.60 Å². The lowest BCUT2D eigenvalue weighted by Crippen LogP contribution is -2.60. The molecule has 0 saturated carbocycles. The quantitative estimate of drug-likeness (QED) is 0.126. The molecular weight excluding hydrogens is 409 g/mol. The number of likely N-dealkylation sites (N-methyl/N-ethyl adjacent to an activating group) is 1. The molecule has 180 valence electrons. The van der Waals surface area contributed by atoms with Gasteiger partial charge >= 0.3 is 14.6 Å². The lowest BCUT2D eigenvalue weighted by atomic mass is 10.1. The van der Waals surface area contributed by atoms with Crippen molar-refractivity contribution in [3.05, 3.63) is 0 Å².